The maximum atomic E-state index is 10.2. The van der Waals surface area contributed by atoms with Gasteiger partial charge >= 0.3 is 0 Å². The van der Waals surface area contributed by atoms with Crippen LogP contribution in [-0.2, 0) is 6.42 Å². The Kier molecular flexibility index (Phi) is 4.34. The number of aryl methyl sites for hydroxylation is 1. The summed E-state index contributed by atoms with van der Waals surface area (Å²) in [5.74, 6) is 0. The molecule has 2 nitrogen and oxygen atoms in total. The number of benzene rings is 1. The molecule has 2 aromatic rings. The molecule has 1 atom stereocenters. The number of halogens is 1. The van der Waals surface area contributed by atoms with E-state index in [1.807, 2.05) is 12.1 Å². The van der Waals surface area contributed by atoms with Gasteiger partial charge in [0.15, 0.2) is 0 Å². The van der Waals surface area contributed by atoms with Crippen LogP contribution < -0.4 is 0 Å². The summed E-state index contributed by atoms with van der Waals surface area (Å²) in [6, 6.07) is 11.5. The van der Waals surface area contributed by atoms with Crippen LogP contribution in [-0.4, -0.2) is 10.1 Å². The molecule has 0 aliphatic heterocycles. The number of rotatable bonds is 4. The molecule has 0 saturated carbocycles. The minimum atomic E-state index is -0.648. The zero-order chi connectivity index (χ0) is 13.0. The van der Waals surface area contributed by atoms with E-state index >= 15 is 0 Å². The van der Waals surface area contributed by atoms with E-state index in [1.165, 1.54) is 5.56 Å². The van der Waals surface area contributed by atoms with E-state index in [1.54, 1.807) is 18.3 Å². The van der Waals surface area contributed by atoms with Gasteiger partial charge in [-0.3, -0.25) is 0 Å². The monoisotopic (exact) mass is 261 g/mol. The molecule has 1 N–H and O–H groups in total. The third-order valence-electron chi connectivity index (χ3n) is 2.90. The van der Waals surface area contributed by atoms with Crippen molar-refractivity contribution in [3.05, 3.63) is 64.4 Å². The van der Waals surface area contributed by atoms with Gasteiger partial charge in [-0.2, -0.15) is 0 Å². The molecule has 0 fully saturated rings. The van der Waals surface area contributed by atoms with Gasteiger partial charge in [0.05, 0.1) is 0 Å². The highest BCUT2D eigenvalue weighted by molar-refractivity contribution is 6.29. The lowest BCUT2D eigenvalue weighted by atomic mass is 10.0. The van der Waals surface area contributed by atoms with Gasteiger partial charge in [0, 0.05) is 11.8 Å². The van der Waals surface area contributed by atoms with E-state index in [-0.39, 0.29) is 0 Å². The van der Waals surface area contributed by atoms with Crippen LogP contribution >= 0.6 is 11.6 Å². The number of pyridine rings is 1. The second kappa shape index (κ2) is 5.98. The third kappa shape index (κ3) is 3.09. The average molecular weight is 262 g/mol. The minimum Gasteiger partial charge on any atom is -0.384 e. The predicted octanol–water partition coefficient (Wildman–Crippen LogP) is 3.77. The van der Waals surface area contributed by atoms with Crippen molar-refractivity contribution in [2.24, 2.45) is 0 Å². The fraction of sp³-hybridized carbons (Fsp3) is 0.267. The molecule has 0 amide bonds. The molecular formula is C15H16ClNO. The molecule has 0 bridgehead atoms. The number of aliphatic hydroxyl groups excluding tert-OH is 1. The zero-order valence-electron chi connectivity index (χ0n) is 10.3. The molecule has 0 aliphatic carbocycles. The first kappa shape index (κ1) is 13.1. The van der Waals surface area contributed by atoms with Gasteiger partial charge in [-0.15, -0.1) is 0 Å². The quantitative estimate of drug-likeness (QED) is 0.850. The standard InChI is InChI=1S/C15H16ClNO/c1-2-3-11-4-6-12(7-5-11)15(18)13-8-9-14(16)17-10-13/h4-10,15,18H,2-3H2,1H3. The van der Waals surface area contributed by atoms with E-state index in [0.29, 0.717) is 5.15 Å². The van der Waals surface area contributed by atoms with Gasteiger partial charge in [-0.05, 0) is 23.6 Å². The van der Waals surface area contributed by atoms with Crippen molar-refractivity contribution >= 4 is 11.6 Å². The summed E-state index contributed by atoms with van der Waals surface area (Å²) in [4.78, 5) is 3.98. The number of aliphatic hydroxyl groups is 1. The van der Waals surface area contributed by atoms with Gasteiger partial charge in [-0.1, -0.05) is 55.3 Å². The molecule has 1 aromatic heterocycles. The predicted molar refractivity (Wildman–Crippen MR) is 73.7 cm³/mol. The topological polar surface area (TPSA) is 33.1 Å². The van der Waals surface area contributed by atoms with Gasteiger partial charge in [0.25, 0.3) is 0 Å². The van der Waals surface area contributed by atoms with Gasteiger partial charge in [-0.25, -0.2) is 4.98 Å². The molecular weight excluding hydrogens is 246 g/mol. The molecule has 2 rings (SSSR count). The fourth-order valence-electron chi connectivity index (χ4n) is 1.90. The van der Waals surface area contributed by atoms with Crippen LogP contribution in [0.4, 0.5) is 0 Å². The van der Waals surface area contributed by atoms with Crippen LogP contribution in [0.25, 0.3) is 0 Å². The van der Waals surface area contributed by atoms with E-state index in [4.69, 9.17) is 11.6 Å². The summed E-state index contributed by atoms with van der Waals surface area (Å²) >= 11 is 5.73. The number of nitrogens with zero attached hydrogens (tertiary/aromatic N) is 1. The van der Waals surface area contributed by atoms with Crippen molar-refractivity contribution in [3.8, 4) is 0 Å². The van der Waals surface area contributed by atoms with Gasteiger partial charge in [0.1, 0.15) is 11.3 Å². The highest BCUT2D eigenvalue weighted by Gasteiger charge is 2.10. The minimum absolute atomic E-state index is 0.434. The largest absolute Gasteiger partial charge is 0.384 e. The lowest BCUT2D eigenvalue weighted by Crippen LogP contribution is -2.00. The summed E-state index contributed by atoms with van der Waals surface area (Å²) in [7, 11) is 0. The van der Waals surface area contributed by atoms with E-state index in [9.17, 15) is 5.11 Å². The number of hydrogen-bond acceptors (Lipinski definition) is 2. The van der Waals surface area contributed by atoms with Crippen molar-refractivity contribution in [1.82, 2.24) is 4.98 Å². The van der Waals surface area contributed by atoms with E-state index < -0.39 is 6.10 Å². The summed E-state index contributed by atoms with van der Waals surface area (Å²) in [5.41, 5.74) is 2.92. The Bertz CT molecular complexity index is 493. The Labute approximate surface area is 112 Å². The second-order valence-electron chi connectivity index (χ2n) is 4.31. The molecule has 0 spiro atoms. The molecule has 1 unspecified atom stereocenters. The van der Waals surface area contributed by atoms with Crippen molar-refractivity contribution in [3.63, 3.8) is 0 Å². The normalized spacial score (nSPS) is 12.4. The van der Waals surface area contributed by atoms with Crippen LogP contribution in [0, 0.1) is 0 Å². The van der Waals surface area contributed by atoms with Crippen LogP contribution in [0.5, 0.6) is 0 Å². The number of hydrogen-bond donors (Lipinski definition) is 1. The first-order valence-corrected chi connectivity index (χ1v) is 6.47. The lowest BCUT2D eigenvalue weighted by Gasteiger charge is -2.11. The maximum absolute atomic E-state index is 10.2. The summed E-state index contributed by atoms with van der Waals surface area (Å²) < 4.78 is 0. The molecule has 3 heteroatoms. The molecule has 0 aliphatic rings. The SMILES string of the molecule is CCCc1ccc(C(O)c2ccc(Cl)nc2)cc1. The molecule has 94 valence electrons. The first-order chi connectivity index (χ1) is 8.70. The molecule has 0 radical (unpaired) electrons. The Morgan fingerprint density at radius 2 is 1.78 bits per heavy atom. The molecule has 1 aromatic carbocycles. The van der Waals surface area contributed by atoms with Crippen molar-refractivity contribution in [2.75, 3.05) is 0 Å². The Morgan fingerprint density at radius 3 is 2.33 bits per heavy atom. The first-order valence-electron chi connectivity index (χ1n) is 6.09. The summed E-state index contributed by atoms with van der Waals surface area (Å²) in [6.45, 7) is 2.15. The average Bonchev–Trinajstić information content (AvgIpc) is 2.40. The molecule has 0 saturated heterocycles. The third-order valence-corrected chi connectivity index (χ3v) is 3.12. The summed E-state index contributed by atoms with van der Waals surface area (Å²) in [6.07, 6.45) is 3.15. The fourth-order valence-corrected chi connectivity index (χ4v) is 2.01. The molecule has 1 heterocycles. The Balaban J connectivity index is 2.17. The second-order valence-corrected chi connectivity index (χ2v) is 4.70. The van der Waals surface area contributed by atoms with Crippen molar-refractivity contribution < 1.29 is 5.11 Å². The highest BCUT2D eigenvalue weighted by Crippen LogP contribution is 2.22. The smallest absolute Gasteiger partial charge is 0.129 e. The van der Waals surface area contributed by atoms with E-state index in [0.717, 1.165) is 24.0 Å². The van der Waals surface area contributed by atoms with Crippen LogP contribution in [0.15, 0.2) is 42.6 Å². The molecule has 18 heavy (non-hydrogen) atoms. The van der Waals surface area contributed by atoms with Gasteiger partial charge < -0.3 is 5.11 Å². The van der Waals surface area contributed by atoms with Crippen LogP contribution in [0.3, 0.4) is 0 Å². The van der Waals surface area contributed by atoms with E-state index in [2.05, 4.69) is 24.0 Å². The zero-order valence-corrected chi connectivity index (χ0v) is 11.1. The Morgan fingerprint density at radius 1 is 1.11 bits per heavy atom. The Hall–Kier alpha value is -1.38. The lowest BCUT2D eigenvalue weighted by molar-refractivity contribution is 0.220. The summed E-state index contributed by atoms with van der Waals surface area (Å²) in [5, 5.41) is 10.7. The number of aromatic nitrogens is 1. The highest BCUT2D eigenvalue weighted by atomic mass is 35.5. The van der Waals surface area contributed by atoms with Crippen LogP contribution in [0.1, 0.15) is 36.1 Å². The van der Waals surface area contributed by atoms with Gasteiger partial charge in [0.2, 0.25) is 0 Å². The van der Waals surface area contributed by atoms with Crippen molar-refractivity contribution in [2.45, 2.75) is 25.9 Å². The van der Waals surface area contributed by atoms with Crippen molar-refractivity contribution in [1.29, 1.82) is 0 Å². The van der Waals surface area contributed by atoms with Crippen LogP contribution in [0.2, 0.25) is 5.15 Å². The maximum Gasteiger partial charge on any atom is 0.129 e.